The van der Waals surface area contributed by atoms with Gasteiger partial charge in [-0.15, -0.1) is 0 Å². The van der Waals surface area contributed by atoms with Crippen LogP contribution in [0.4, 0.5) is 4.79 Å². The number of nitrogens with zero attached hydrogens (tertiary/aromatic N) is 1. The van der Waals surface area contributed by atoms with Gasteiger partial charge in [0.2, 0.25) is 0 Å². The molecule has 152 valence electrons. The van der Waals surface area contributed by atoms with Crippen LogP contribution < -0.4 is 14.8 Å². The SMILES string of the molecule is COc1cccc(CN(C)C(=O)NC(C)CCc2ccc(OC(C)C)cc2)c1. The average molecular weight is 385 g/mol. The Morgan fingerprint density at radius 2 is 1.75 bits per heavy atom. The Morgan fingerprint density at radius 3 is 2.39 bits per heavy atom. The van der Waals surface area contributed by atoms with Crippen molar-refractivity contribution in [1.29, 1.82) is 0 Å². The summed E-state index contributed by atoms with van der Waals surface area (Å²) in [6.07, 6.45) is 1.96. The molecule has 0 bridgehead atoms. The van der Waals surface area contributed by atoms with Crippen LogP contribution in [0.15, 0.2) is 48.5 Å². The van der Waals surface area contributed by atoms with Crippen LogP contribution in [0.3, 0.4) is 0 Å². The molecule has 0 aliphatic heterocycles. The lowest BCUT2D eigenvalue weighted by atomic mass is 10.1. The van der Waals surface area contributed by atoms with E-state index in [1.807, 2.05) is 57.2 Å². The number of aryl methyl sites for hydroxylation is 1. The summed E-state index contributed by atoms with van der Waals surface area (Å²) >= 11 is 0. The maximum Gasteiger partial charge on any atom is 0.317 e. The van der Waals surface area contributed by atoms with Gasteiger partial charge in [-0.3, -0.25) is 0 Å². The van der Waals surface area contributed by atoms with Gasteiger partial charge in [-0.1, -0.05) is 24.3 Å². The van der Waals surface area contributed by atoms with E-state index in [-0.39, 0.29) is 18.2 Å². The summed E-state index contributed by atoms with van der Waals surface area (Å²) in [5, 5.41) is 3.07. The molecule has 0 aromatic heterocycles. The van der Waals surface area contributed by atoms with Crippen molar-refractivity contribution in [2.45, 2.75) is 52.3 Å². The van der Waals surface area contributed by atoms with Gasteiger partial charge in [0.1, 0.15) is 11.5 Å². The van der Waals surface area contributed by atoms with Gasteiger partial charge in [0.15, 0.2) is 0 Å². The molecule has 5 nitrogen and oxygen atoms in total. The normalized spacial score (nSPS) is 11.8. The number of carbonyl (C=O) groups excluding carboxylic acids is 1. The van der Waals surface area contributed by atoms with Crippen molar-refractivity contribution in [3.8, 4) is 11.5 Å². The first kappa shape index (κ1) is 21.6. The minimum atomic E-state index is -0.0731. The van der Waals surface area contributed by atoms with Crippen LogP contribution in [0, 0.1) is 0 Å². The van der Waals surface area contributed by atoms with Crippen molar-refractivity contribution in [2.24, 2.45) is 0 Å². The molecule has 0 radical (unpaired) electrons. The third-order valence-electron chi connectivity index (χ3n) is 4.43. The monoisotopic (exact) mass is 384 g/mol. The minimum absolute atomic E-state index is 0.0731. The number of hydrogen-bond donors (Lipinski definition) is 1. The van der Waals surface area contributed by atoms with Gasteiger partial charge in [-0.05, 0) is 69.0 Å². The Labute approximate surface area is 168 Å². The fourth-order valence-electron chi connectivity index (χ4n) is 2.90. The lowest BCUT2D eigenvalue weighted by Crippen LogP contribution is -2.41. The number of carbonyl (C=O) groups is 1. The Balaban J connectivity index is 1.78. The lowest BCUT2D eigenvalue weighted by molar-refractivity contribution is 0.203. The molecule has 5 heteroatoms. The van der Waals surface area contributed by atoms with Gasteiger partial charge in [-0.2, -0.15) is 0 Å². The van der Waals surface area contributed by atoms with Gasteiger partial charge >= 0.3 is 6.03 Å². The van der Waals surface area contributed by atoms with E-state index >= 15 is 0 Å². The predicted molar refractivity (Wildman–Crippen MR) is 113 cm³/mol. The molecule has 0 saturated carbocycles. The number of ether oxygens (including phenoxy) is 2. The van der Waals surface area contributed by atoms with Crippen LogP contribution in [0.25, 0.3) is 0 Å². The van der Waals surface area contributed by atoms with E-state index < -0.39 is 0 Å². The second-order valence-corrected chi connectivity index (χ2v) is 7.41. The fourth-order valence-corrected chi connectivity index (χ4v) is 2.90. The van der Waals surface area contributed by atoms with E-state index in [9.17, 15) is 4.79 Å². The van der Waals surface area contributed by atoms with Crippen molar-refractivity contribution in [2.75, 3.05) is 14.2 Å². The molecule has 0 aliphatic rings. The first-order valence-corrected chi connectivity index (χ1v) is 9.77. The van der Waals surface area contributed by atoms with Crippen molar-refractivity contribution in [3.63, 3.8) is 0 Å². The standard InChI is InChI=1S/C23H32N2O3/c1-17(2)28-21-13-11-19(12-14-21)10-9-18(3)24-23(26)25(4)16-20-7-6-8-22(15-20)27-5/h6-8,11-15,17-18H,9-10,16H2,1-5H3,(H,24,26). The molecule has 28 heavy (non-hydrogen) atoms. The lowest BCUT2D eigenvalue weighted by Gasteiger charge is -2.22. The molecule has 0 aliphatic carbocycles. The zero-order valence-electron chi connectivity index (χ0n) is 17.6. The highest BCUT2D eigenvalue weighted by Crippen LogP contribution is 2.16. The third-order valence-corrected chi connectivity index (χ3v) is 4.43. The van der Waals surface area contributed by atoms with E-state index in [4.69, 9.17) is 9.47 Å². The van der Waals surface area contributed by atoms with E-state index in [0.29, 0.717) is 6.54 Å². The van der Waals surface area contributed by atoms with Crippen LogP contribution >= 0.6 is 0 Å². The summed E-state index contributed by atoms with van der Waals surface area (Å²) in [5.41, 5.74) is 2.27. The van der Waals surface area contributed by atoms with Crippen molar-refractivity contribution in [3.05, 3.63) is 59.7 Å². The Morgan fingerprint density at radius 1 is 1.04 bits per heavy atom. The van der Waals surface area contributed by atoms with E-state index in [0.717, 1.165) is 29.9 Å². The summed E-state index contributed by atoms with van der Waals surface area (Å²) in [6.45, 7) is 6.60. The highest BCUT2D eigenvalue weighted by Gasteiger charge is 2.13. The molecule has 1 unspecified atom stereocenters. The zero-order valence-corrected chi connectivity index (χ0v) is 17.6. The molecule has 2 aromatic carbocycles. The quantitative estimate of drug-likeness (QED) is 0.685. The van der Waals surface area contributed by atoms with Gasteiger partial charge < -0.3 is 19.7 Å². The van der Waals surface area contributed by atoms with Crippen molar-refractivity contribution in [1.82, 2.24) is 10.2 Å². The molecule has 2 aromatic rings. The van der Waals surface area contributed by atoms with Gasteiger partial charge in [-0.25, -0.2) is 4.79 Å². The predicted octanol–water partition coefficient (Wildman–Crippen LogP) is 4.65. The van der Waals surface area contributed by atoms with Crippen LogP contribution in [0.5, 0.6) is 11.5 Å². The smallest absolute Gasteiger partial charge is 0.317 e. The maximum atomic E-state index is 12.4. The highest BCUT2D eigenvalue weighted by molar-refractivity contribution is 5.74. The number of rotatable bonds is 9. The van der Waals surface area contributed by atoms with Crippen LogP contribution in [0.2, 0.25) is 0 Å². The van der Waals surface area contributed by atoms with Crippen LogP contribution in [-0.2, 0) is 13.0 Å². The van der Waals surface area contributed by atoms with E-state index in [1.165, 1.54) is 5.56 Å². The Kier molecular flexibility index (Phi) is 8.18. The summed E-state index contributed by atoms with van der Waals surface area (Å²) in [5.74, 6) is 1.68. The Hall–Kier alpha value is -2.69. The zero-order chi connectivity index (χ0) is 20.5. The van der Waals surface area contributed by atoms with E-state index in [1.54, 1.807) is 19.1 Å². The fraction of sp³-hybridized carbons (Fsp3) is 0.435. The number of hydrogen-bond acceptors (Lipinski definition) is 3. The molecule has 1 N–H and O–H groups in total. The number of urea groups is 1. The second-order valence-electron chi connectivity index (χ2n) is 7.41. The van der Waals surface area contributed by atoms with Crippen molar-refractivity contribution >= 4 is 6.03 Å². The summed E-state index contributed by atoms with van der Waals surface area (Å²) in [6, 6.07) is 15.9. The first-order chi connectivity index (χ1) is 13.4. The topological polar surface area (TPSA) is 50.8 Å². The van der Waals surface area contributed by atoms with E-state index in [2.05, 4.69) is 17.4 Å². The molecule has 2 amide bonds. The van der Waals surface area contributed by atoms with Crippen LogP contribution in [-0.4, -0.2) is 37.2 Å². The summed E-state index contributed by atoms with van der Waals surface area (Å²) < 4.78 is 10.9. The molecular weight excluding hydrogens is 352 g/mol. The highest BCUT2D eigenvalue weighted by atomic mass is 16.5. The molecular formula is C23H32N2O3. The minimum Gasteiger partial charge on any atom is -0.497 e. The molecule has 2 rings (SSSR count). The second kappa shape index (κ2) is 10.6. The molecule has 0 saturated heterocycles. The van der Waals surface area contributed by atoms with Gasteiger partial charge in [0, 0.05) is 19.6 Å². The first-order valence-electron chi connectivity index (χ1n) is 9.77. The molecule has 0 fully saturated rings. The molecule has 1 atom stereocenters. The maximum absolute atomic E-state index is 12.4. The number of nitrogens with one attached hydrogen (secondary N) is 1. The molecule has 0 heterocycles. The Bertz CT molecular complexity index is 744. The summed E-state index contributed by atoms with van der Waals surface area (Å²) in [7, 11) is 3.44. The van der Waals surface area contributed by atoms with Crippen LogP contribution in [0.1, 0.15) is 38.3 Å². The third kappa shape index (κ3) is 7.14. The number of methoxy groups -OCH3 is 1. The summed E-state index contributed by atoms with van der Waals surface area (Å²) in [4.78, 5) is 14.1. The van der Waals surface area contributed by atoms with Gasteiger partial charge in [0.05, 0.1) is 13.2 Å². The largest absolute Gasteiger partial charge is 0.497 e. The van der Waals surface area contributed by atoms with Crippen molar-refractivity contribution < 1.29 is 14.3 Å². The average Bonchev–Trinajstić information content (AvgIpc) is 2.67. The van der Waals surface area contributed by atoms with Gasteiger partial charge in [0.25, 0.3) is 0 Å². The number of amides is 2. The molecule has 0 spiro atoms. The number of benzene rings is 2.